The number of ether oxygens (including phenoxy) is 2. The van der Waals surface area contributed by atoms with Crippen LogP contribution in [0.3, 0.4) is 0 Å². The minimum atomic E-state index is -0.368. The molecule has 1 heterocycles. The number of methoxy groups -OCH3 is 2. The van der Waals surface area contributed by atoms with Crippen LogP contribution in [-0.4, -0.2) is 25.1 Å². The summed E-state index contributed by atoms with van der Waals surface area (Å²) in [6, 6.07) is 14.9. The van der Waals surface area contributed by atoms with Crippen molar-refractivity contribution in [2.75, 3.05) is 24.9 Å². The van der Waals surface area contributed by atoms with Gasteiger partial charge in [-0.25, -0.2) is 9.37 Å². The topological polar surface area (TPSA) is 72.5 Å². The molecule has 0 saturated carbocycles. The molecule has 0 unspecified atom stereocenters. The number of halogens is 1. The average Bonchev–Trinajstić information content (AvgIpc) is 2.69. The Kier molecular flexibility index (Phi) is 6.06. The first-order valence-electron chi connectivity index (χ1n) is 8.57. The molecule has 0 saturated heterocycles. The van der Waals surface area contributed by atoms with Gasteiger partial charge in [-0.2, -0.15) is 0 Å². The summed E-state index contributed by atoms with van der Waals surface area (Å²) in [5, 5.41) is 5.90. The van der Waals surface area contributed by atoms with Crippen LogP contribution in [0.1, 0.15) is 5.56 Å². The number of hydrogen-bond acceptors (Lipinski definition) is 5. The van der Waals surface area contributed by atoms with Crippen LogP contribution in [-0.2, 0) is 11.2 Å². The highest BCUT2D eigenvalue weighted by atomic mass is 19.1. The number of aromatic nitrogens is 1. The fraction of sp³-hybridized carbons (Fsp3) is 0.143. The first-order chi connectivity index (χ1) is 13.6. The van der Waals surface area contributed by atoms with Crippen LogP contribution in [0.2, 0.25) is 0 Å². The van der Waals surface area contributed by atoms with E-state index in [1.807, 2.05) is 12.1 Å². The second kappa shape index (κ2) is 8.85. The van der Waals surface area contributed by atoms with E-state index in [2.05, 4.69) is 15.6 Å². The van der Waals surface area contributed by atoms with Gasteiger partial charge in [0.1, 0.15) is 23.1 Å². The number of carbonyl (C=O) groups excluding carboxylic acids is 1. The summed E-state index contributed by atoms with van der Waals surface area (Å²) in [5.41, 5.74) is 2.09. The molecule has 0 spiro atoms. The fourth-order valence-corrected chi connectivity index (χ4v) is 2.62. The summed E-state index contributed by atoms with van der Waals surface area (Å²) in [7, 11) is 3.17. The maximum Gasteiger partial charge on any atom is 0.229 e. The quantitative estimate of drug-likeness (QED) is 0.643. The molecule has 6 nitrogen and oxygen atoms in total. The highest BCUT2D eigenvalue weighted by Crippen LogP contribution is 2.31. The number of nitrogens with zero attached hydrogens (tertiary/aromatic N) is 1. The summed E-state index contributed by atoms with van der Waals surface area (Å²) in [6.45, 7) is 0. The molecule has 0 aliphatic rings. The Morgan fingerprint density at radius 1 is 1.07 bits per heavy atom. The molecule has 28 heavy (non-hydrogen) atoms. The number of benzene rings is 2. The highest BCUT2D eigenvalue weighted by Gasteiger charge is 2.08. The molecular formula is C21H20FN3O3. The van der Waals surface area contributed by atoms with E-state index in [9.17, 15) is 9.18 Å². The van der Waals surface area contributed by atoms with Crippen LogP contribution in [0.15, 0.2) is 60.8 Å². The largest absolute Gasteiger partial charge is 0.497 e. The maximum atomic E-state index is 13.2. The predicted molar refractivity (Wildman–Crippen MR) is 106 cm³/mol. The number of pyridine rings is 1. The predicted octanol–water partition coefficient (Wildman–Crippen LogP) is 4.16. The second-order valence-corrected chi connectivity index (χ2v) is 5.98. The van der Waals surface area contributed by atoms with Gasteiger partial charge in [-0.1, -0.05) is 12.1 Å². The number of amides is 1. The van der Waals surface area contributed by atoms with Crippen molar-refractivity contribution in [1.82, 2.24) is 4.98 Å². The van der Waals surface area contributed by atoms with Gasteiger partial charge in [0.15, 0.2) is 0 Å². The van der Waals surface area contributed by atoms with Gasteiger partial charge < -0.3 is 20.1 Å². The van der Waals surface area contributed by atoms with Crippen LogP contribution in [0, 0.1) is 5.82 Å². The third-order valence-corrected chi connectivity index (χ3v) is 3.97. The Morgan fingerprint density at radius 3 is 2.61 bits per heavy atom. The highest BCUT2D eigenvalue weighted by molar-refractivity contribution is 5.91. The third-order valence-electron chi connectivity index (χ3n) is 3.97. The SMILES string of the molecule is COc1ccc(Nc2ccc(NC(=O)Cc3cccc(F)c3)nc2)c(OC)c1. The first-order valence-corrected chi connectivity index (χ1v) is 8.57. The molecule has 1 aromatic heterocycles. The van der Waals surface area contributed by atoms with Crippen molar-refractivity contribution in [3.63, 3.8) is 0 Å². The van der Waals surface area contributed by atoms with Crippen molar-refractivity contribution in [3.8, 4) is 11.5 Å². The zero-order valence-corrected chi connectivity index (χ0v) is 15.5. The first kappa shape index (κ1) is 19.2. The van der Waals surface area contributed by atoms with Crippen molar-refractivity contribution >= 4 is 23.1 Å². The van der Waals surface area contributed by atoms with Crippen LogP contribution >= 0.6 is 0 Å². The van der Waals surface area contributed by atoms with Crippen molar-refractivity contribution in [2.24, 2.45) is 0 Å². The van der Waals surface area contributed by atoms with Crippen LogP contribution in [0.4, 0.5) is 21.6 Å². The summed E-state index contributed by atoms with van der Waals surface area (Å²) in [6.07, 6.45) is 1.67. The third kappa shape index (κ3) is 4.97. The number of rotatable bonds is 7. The molecule has 0 aliphatic carbocycles. The van der Waals surface area contributed by atoms with Gasteiger partial charge in [-0.3, -0.25) is 4.79 Å². The Morgan fingerprint density at radius 2 is 1.93 bits per heavy atom. The Hall–Kier alpha value is -3.61. The Balaban J connectivity index is 1.63. The zero-order valence-electron chi connectivity index (χ0n) is 15.5. The number of hydrogen-bond donors (Lipinski definition) is 2. The molecular weight excluding hydrogens is 361 g/mol. The summed E-state index contributed by atoms with van der Waals surface area (Å²) in [4.78, 5) is 16.3. The molecule has 144 valence electrons. The smallest absolute Gasteiger partial charge is 0.229 e. The van der Waals surface area contributed by atoms with Crippen LogP contribution in [0.5, 0.6) is 11.5 Å². The molecule has 3 aromatic rings. The minimum Gasteiger partial charge on any atom is -0.497 e. The normalized spacial score (nSPS) is 10.2. The molecule has 0 atom stereocenters. The lowest BCUT2D eigenvalue weighted by molar-refractivity contribution is -0.115. The molecule has 1 amide bonds. The van der Waals surface area contributed by atoms with Gasteiger partial charge in [0.25, 0.3) is 0 Å². The van der Waals surface area contributed by atoms with E-state index < -0.39 is 0 Å². The van der Waals surface area contributed by atoms with Gasteiger partial charge >= 0.3 is 0 Å². The molecule has 2 N–H and O–H groups in total. The van der Waals surface area contributed by atoms with Crippen LogP contribution in [0.25, 0.3) is 0 Å². The zero-order chi connectivity index (χ0) is 19.9. The summed E-state index contributed by atoms with van der Waals surface area (Å²) in [5.74, 6) is 1.10. The van der Waals surface area contributed by atoms with E-state index in [1.54, 1.807) is 50.7 Å². The number of carbonyl (C=O) groups is 1. The van der Waals surface area contributed by atoms with Gasteiger partial charge in [-0.05, 0) is 42.0 Å². The Bertz CT molecular complexity index is 961. The number of anilines is 3. The molecule has 3 rings (SSSR count). The lowest BCUT2D eigenvalue weighted by Crippen LogP contribution is -2.15. The average molecular weight is 381 g/mol. The van der Waals surface area contributed by atoms with Crippen molar-refractivity contribution < 1.29 is 18.7 Å². The molecule has 7 heteroatoms. The van der Waals surface area contributed by atoms with Crippen molar-refractivity contribution in [3.05, 3.63) is 72.2 Å². The van der Waals surface area contributed by atoms with E-state index >= 15 is 0 Å². The summed E-state index contributed by atoms with van der Waals surface area (Å²) < 4.78 is 23.7. The van der Waals surface area contributed by atoms with Gasteiger partial charge in [0.2, 0.25) is 5.91 Å². The van der Waals surface area contributed by atoms with Crippen molar-refractivity contribution in [1.29, 1.82) is 0 Å². The van der Waals surface area contributed by atoms with Gasteiger partial charge in [0.05, 0.1) is 38.2 Å². The molecule has 0 aliphatic heterocycles. The maximum absolute atomic E-state index is 13.2. The molecule has 2 aromatic carbocycles. The van der Waals surface area contributed by atoms with E-state index in [1.165, 1.54) is 12.1 Å². The van der Waals surface area contributed by atoms with E-state index in [0.29, 0.717) is 22.9 Å². The monoisotopic (exact) mass is 381 g/mol. The molecule has 0 fully saturated rings. The lowest BCUT2D eigenvalue weighted by Gasteiger charge is -2.12. The van der Waals surface area contributed by atoms with Crippen LogP contribution < -0.4 is 20.1 Å². The van der Waals surface area contributed by atoms with Crippen molar-refractivity contribution in [2.45, 2.75) is 6.42 Å². The van der Waals surface area contributed by atoms with E-state index in [4.69, 9.17) is 9.47 Å². The van der Waals surface area contributed by atoms with E-state index in [-0.39, 0.29) is 18.1 Å². The lowest BCUT2D eigenvalue weighted by atomic mass is 10.1. The van der Waals surface area contributed by atoms with Gasteiger partial charge in [-0.15, -0.1) is 0 Å². The number of nitrogens with one attached hydrogen (secondary N) is 2. The Labute approximate surface area is 162 Å². The molecule has 0 radical (unpaired) electrons. The van der Waals surface area contributed by atoms with E-state index in [0.717, 1.165) is 11.4 Å². The van der Waals surface area contributed by atoms with Gasteiger partial charge in [0, 0.05) is 6.07 Å². The minimum absolute atomic E-state index is 0.0719. The molecule has 0 bridgehead atoms. The summed E-state index contributed by atoms with van der Waals surface area (Å²) >= 11 is 0. The second-order valence-electron chi connectivity index (χ2n) is 5.98. The standard InChI is InChI=1S/C21H20FN3O3/c1-27-17-7-8-18(19(12-17)28-2)24-16-6-9-20(23-13-16)25-21(26)11-14-4-3-5-15(22)10-14/h3-10,12-13,24H,11H2,1-2H3,(H,23,25,26). The fourth-order valence-electron chi connectivity index (χ4n) is 2.62.